The van der Waals surface area contributed by atoms with Crippen LogP contribution in [0, 0.1) is 0 Å². The molecule has 2 aromatic heterocycles. The summed E-state index contributed by atoms with van der Waals surface area (Å²) in [6.45, 7) is 2.54. The van der Waals surface area contributed by atoms with E-state index in [4.69, 9.17) is 9.15 Å². The van der Waals surface area contributed by atoms with Crippen LogP contribution in [0.5, 0.6) is 0 Å². The minimum Gasteiger partial charge on any atom is -0.467 e. The molecule has 8 nitrogen and oxygen atoms in total. The van der Waals surface area contributed by atoms with Gasteiger partial charge in [0.2, 0.25) is 5.95 Å². The van der Waals surface area contributed by atoms with Gasteiger partial charge in [-0.2, -0.15) is 10.1 Å². The number of rotatable bonds is 7. The largest absolute Gasteiger partial charge is 0.467 e. The number of esters is 1. The summed E-state index contributed by atoms with van der Waals surface area (Å²) < 4.78 is 10.3. The van der Waals surface area contributed by atoms with Crippen molar-refractivity contribution in [3.05, 3.63) is 60.2 Å². The lowest BCUT2D eigenvalue weighted by Gasteiger charge is -2.10. The van der Waals surface area contributed by atoms with E-state index in [2.05, 4.69) is 25.8 Å². The van der Waals surface area contributed by atoms with E-state index in [9.17, 15) is 4.79 Å². The second-order valence-electron chi connectivity index (χ2n) is 4.99. The highest BCUT2D eigenvalue weighted by Gasteiger charge is 2.13. The molecule has 0 saturated heterocycles. The van der Waals surface area contributed by atoms with Crippen molar-refractivity contribution >= 4 is 23.4 Å². The highest BCUT2D eigenvalue weighted by molar-refractivity contribution is 5.96. The van der Waals surface area contributed by atoms with E-state index < -0.39 is 5.97 Å². The summed E-state index contributed by atoms with van der Waals surface area (Å²) in [5, 5.41) is 13.9. The molecule has 0 fully saturated rings. The third-order valence-electron chi connectivity index (χ3n) is 3.25. The fourth-order valence-electron chi connectivity index (χ4n) is 2.13. The minimum absolute atomic E-state index is 0.265. The SMILES string of the molecule is CCOC(=O)c1ccccc1Nc1nncc(NCc2ccco2)n1. The third kappa shape index (κ3) is 4.31. The number of carbonyl (C=O) groups is 1. The van der Waals surface area contributed by atoms with Crippen LogP contribution in [-0.4, -0.2) is 27.8 Å². The van der Waals surface area contributed by atoms with E-state index in [1.165, 1.54) is 6.20 Å². The minimum atomic E-state index is -0.411. The number of ether oxygens (including phenoxy) is 1. The molecule has 3 aromatic rings. The molecule has 0 bridgehead atoms. The molecule has 3 rings (SSSR count). The summed E-state index contributed by atoms with van der Waals surface area (Å²) in [5.41, 5.74) is 0.952. The zero-order chi connectivity index (χ0) is 17.5. The van der Waals surface area contributed by atoms with Crippen molar-refractivity contribution in [1.29, 1.82) is 0 Å². The molecule has 2 N–H and O–H groups in total. The number of anilines is 3. The Morgan fingerprint density at radius 1 is 1.24 bits per heavy atom. The van der Waals surface area contributed by atoms with Gasteiger partial charge in [-0.25, -0.2) is 4.79 Å². The van der Waals surface area contributed by atoms with Crippen LogP contribution in [0.25, 0.3) is 0 Å². The van der Waals surface area contributed by atoms with Crippen molar-refractivity contribution < 1.29 is 13.9 Å². The lowest BCUT2D eigenvalue weighted by Crippen LogP contribution is -2.10. The van der Waals surface area contributed by atoms with Crippen molar-refractivity contribution in [2.24, 2.45) is 0 Å². The molecule has 0 saturated carbocycles. The molecule has 0 radical (unpaired) electrons. The molecule has 0 unspecified atom stereocenters. The summed E-state index contributed by atoms with van der Waals surface area (Å²) in [5.74, 6) is 1.16. The highest BCUT2D eigenvalue weighted by Crippen LogP contribution is 2.20. The van der Waals surface area contributed by atoms with E-state index >= 15 is 0 Å². The van der Waals surface area contributed by atoms with Crippen molar-refractivity contribution in [3.63, 3.8) is 0 Å². The molecule has 1 aromatic carbocycles. The van der Waals surface area contributed by atoms with E-state index in [0.717, 1.165) is 5.76 Å². The van der Waals surface area contributed by atoms with Crippen molar-refractivity contribution in [2.45, 2.75) is 13.5 Å². The highest BCUT2D eigenvalue weighted by atomic mass is 16.5. The molecule has 0 aliphatic rings. The second kappa shape index (κ2) is 7.91. The average Bonchev–Trinajstić information content (AvgIpc) is 3.15. The first kappa shape index (κ1) is 16.4. The molecule has 0 spiro atoms. The summed E-state index contributed by atoms with van der Waals surface area (Å²) in [6.07, 6.45) is 3.11. The molecule has 0 aliphatic carbocycles. The van der Waals surface area contributed by atoms with Gasteiger partial charge in [0.05, 0.1) is 36.9 Å². The Bertz CT molecular complexity index is 836. The summed E-state index contributed by atoms with van der Waals surface area (Å²) in [6, 6.07) is 10.7. The third-order valence-corrected chi connectivity index (χ3v) is 3.25. The van der Waals surface area contributed by atoms with Crippen LogP contribution in [0.15, 0.2) is 53.3 Å². The first-order chi connectivity index (χ1) is 12.3. The second-order valence-corrected chi connectivity index (χ2v) is 4.99. The Labute approximate surface area is 144 Å². The maximum absolute atomic E-state index is 12.0. The number of nitrogens with one attached hydrogen (secondary N) is 2. The number of hydrogen-bond donors (Lipinski definition) is 2. The number of furan rings is 1. The maximum Gasteiger partial charge on any atom is 0.340 e. The zero-order valence-corrected chi connectivity index (χ0v) is 13.6. The number of hydrogen-bond acceptors (Lipinski definition) is 8. The van der Waals surface area contributed by atoms with Gasteiger partial charge in [0.1, 0.15) is 5.76 Å². The van der Waals surface area contributed by atoms with E-state index in [1.54, 1.807) is 37.5 Å². The number of benzene rings is 1. The fraction of sp³-hybridized carbons (Fsp3) is 0.176. The van der Waals surface area contributed by atoms with Gasteiger partial charge in [0.25, 0.3) is 0 Å². The van der Waals surface area contributed by atoms with Crippen molar-refractivity contribution in [1.82, 2.24) is 15.2 Å². The lowest BCUT2D eigenvalue weighted by atomic mass is 10.2. The summed E-state index contributed by atoms with van der Waals surface area (Å²) >= 11 is 0. The molecular formula is C17H17N5O3. The first-order valence-electron chi connectivity index (χ1n) is 7.75. The van der Waals surface area contributed by atoms with Gasteiger partial charge in [-0.3, -0.25) is 0 Å². The number of carbonyl (C=O) groups excluding carboxylic acids is 1. The van der Waals surface area contributed by atoms with Crippen LogP contribution in [-0.2, 0) is 11.3 Å². The van der Waals surface area contributed by atoms with Crippen LogP contribution in [0.1, 0.15) is 23.0 Å². The van der Waals surface area contributed by atoms with Crippen LogP contribution >= 0.6 is 0 Å². The van der Waals surface area contributed by atoms with E-state index in [1.807, 2.05) is 12.1 Å². The summed E-state index contributed by atoms with van der Waals surface area (Å²) in [4.78, 5) is 16.3. The Morgan fingerprint density at radius 3 is 2.92 bits per heavy atom. The monoisotopic (exact) mass is 339 g/mol. The van der Waals surface area contributed by atoms with Gasteiger partial charge in [-0.15, -0.1) is 5.10 Å². The number of nitrogens with zero attached hydrogens (tertiary/aromatic N) is 3. The number of para-hydroxylation sites is 1. The van der Waals surface area contributed by atoms with Gasteiger partial charge in [-0.05, 0) is 31.2 Å². The predicted octanol–water partition coefficient (Wildman–Crippen LogP) is 3.00. The summed E-state index contributed by atoms with van der Waals surface area (Å²) in [7, 11) is 0. The number of aromatic nitrogens is 3. The molecule has 128 valence electrons. The Morgan fingerprint density at radius 2 is 2.12 bits per heavy atom. The van der Waals surface area contributed by atoms with E-state index in [-0.39, 0.29) is 5.95 Å². The maximum atomic E-state index is 12.0. The first-order valence-corrected chi connectivity index (χ1v) is 7.75. The van der Waals surface area contributed by atoms with E-state index in [0.29, 0.717) is 30.2 Å². The normalized spacial score (nSPS) is 10.3. The molecule has 25 heavy (non-hydrogen) atoms. The molecule has 8 heteroatoms. The smallest absolute Gasteiger partial charge is 0.340 e. The molecular weight excluding hydrogens is 322 g/mol. The van der Waals surface area contributed by atoms with Crippen LogP contribution < -0.4 is 10.6 Å². The topological polar surface area (TPSA) is 102 Å². The molecule has 0 amide bonds. The van der Waals surface area contributed by atoms with Crippen LogP contribution in [0.3, 0.4) is 0 Å². The predicted molar refractivity (Wildman–Crippen MR) is 91.5 cm³/mol. The van der Waals surface area contributed by atoms with Crippen molar-refractivity contribution in [2.75, 3.05) is 17.2 Å². The quantitative estimate of drug-likeness (QED) is 0.633. The van der Waals surface area contributed by atoms with Gasteiger partial charge in [-0.1, -0.05) is 12.1 Å². The lowest BCUT2D eigenvalue weighted by molar-refractivity contribution is 0.0527. The van der Waals surface area contributed by atoms with Gasteiger partial charge in [0, 0.05) is 0 Å². The van der Waals surface area contributed by atoms with Crippen LogP contribution in [0.4, 0.5) is 17.5 Å². The Hall–Kier alpha value is -3.42. The average molecular weight is 339 g/mol. The van der Waals surface area contributed by atoms with Crippen molar-refractivity contribution in [3.8, 4) is 0 Å². The molecule has 2 heterocycles. The molecule has 0 aliphatic heterocycles. The Balaban J connectivity index is 1.73. The fourth-order valence-corrected chi connectivity index (χ4v) is 2.13. The van der Waals surface area contributed by atoms with Gasteiger partial charge in [0.15, 0.2) is 5.82 Å². The van der Waals surface area contributed by atoms with Crippen LogP contribution in [0.2, 0.25) is 0 Å². The van der Waals surface area contributed by atoms with Gasteiger partial charge >= 0.3 is 5.97 Å². The van der Waals surface area contributed by atoms with Gasteiger partial charge < -0.3 is 19.8 Å². The zero-order valence-electron chi connectivity index (χ0n) is 13.6. The standard InChI is InChI=1S/C17H17N5O3/c1-2-24-16(23)13-7-3-4-8-14(13)20-17-21-15(11-19-22-17)18-10-12-6-5-9-25-12/h3-9,11H,2,10H2,1H3,(H2,18,20,21,22). The molecule has 0 atom stereocenters. The Kier molecular flexibility index (Phi) is 5.20.